The number of pyridine rings is 1. The molecule has 0 fully saturated rings. The quantitative estimate of drug-likeness (QED) is 0.670. The molecule has 2 heterocycles. The Morgan fingerprint density at radius 1 is 1.33 bits per heavy atom. The van der Waals surface area contributed by atoms with Crippen molar-refractivity contribution in [3.8, 4) is 17.2 Å². The highest BCUT2D eigenvalue weighted by atomic mass is 16.5. The molecule has 1 aromatic heterocycles. The maximum atomic E-state index is 7.60. The zero-order chi connectivity index (χ0) is 15.0. The van der Waals surface area contributed by atoms with Crippen molar-refractivity contribution < 1.29 is 9.47 Å². The van der Waals surface area contributed by atoms with Crippen molar-refractivity contribution in [1.29, 1.82) is 5.41 Å². The summed E-state index contributed by atoms with van der Waals surface area (Å²) >= 11 is 0. The number of rotatable bonds is 3. The number of hydrogen-bond acceptors (Lipinski definition) is 4. The van der Waals surface area contributed by atoms with Crippen LogP contribution < -0.4 is 15.2 Å². The molecule has 3 N–H and O–H groups in total. The molecule has 0 unspecified atom stereocenters. The first-order valence-corrected chi connectivity index (χ1v) is 6.73. The summed E-state index contributed by atoms with van der Waals surface area (Å²) < 4.78 is 11.9. The molecule has 0 aliphatic carbocycles. The topological polar surface area (TPSA) is 81.2 Å². The molecular formula is C16H17N3O2. The van der Waals surface area contributed by atoms with Gasteiger partial charge in [-0.25, -0.2) is 0 Å². The van der Waals surface area contributed by atoms with Gasteiger partial charge in [0.05, 0.1) is 11.8 Å². The Morgan fingerprint density at radius 2 is 2.14 bits per heavy atom. The molecule has 0 bridgehead atoms. The molecule has 3 rings (SSSR count). The van der Waals surface area contributed by atoms with E-state index in [1.807, 2.05) is 32.0 Å². The van der Waals surface area contributed by atoms with E-state index in [0.29, 0.717) is 17.1 Å². The molecule has 0 saturated heterocycles. The van der Waals surface area contributed by atoms with Gasteiger partial charge in [0.25, 0.3) is 0 Å². The summed E-state index contributed by atoms with van der Waals surface area (Å²) in [6.45, 7) is 4.09. The largest absolute Gasteiger partial charge is 0.483 e. The van der Waals surface area contributed by atoms with Crippen LogP contribution in [0.3, 0.4) is 0 Å². The van der Waals surface area contributed by atoms with Crippen LogP contribution in [-0.4, -0.2) is 16.4 Å². The Balaban J connectivity index is 1.98. The second kappa shape index (κ2) is 4.77. The van der Waals surface area contributed by atoms with E-state index in [-0.39, 0.29) is 11.4 Å². The number of amidine groups is 1. The van der Waals surface area contributed by atoms with E-state index >= 15 is 0 Å². The lowest BCUT2D eigenvalue weighted by Gasteiger charge is -2.18. The van der Waals surface area contributed by atoms with Crippen LogP contribution in [0.15, 0.2) is 36.7 Å². The first-order valence-electron chi connectivity index (χ1n) is 6.73. The van der Waals surface area contributed by atoms with Crippen LogP contribution >= 0.6 is 0 Å². The number of hydrogen-bond donors (Lipinski definition) is 2. The van der Waals surface area contributed by atoms with Crippen molar-refractivity contribution >= 4 is 5.84 Å². The second-order valence-corrected chi connectivity index (χ2v) is 5.67. The molecule has 0 spiro atoms. The number of nitrogens with one attached hydrogen (secondary N) is 1. The summed E-state index contributed by atoms with van der Waals surface area (Å²) in [7, 11) is 0. The number of aromatic nitrogens is 1. The summed E-state index contributed by atoms with van der Waals surface area (Å²) in [4.78, 5) is 4.03. The number of nitrogens with two attached hydrogens (primary N) is 1. The van der Waals surface area contributed by atoms with Crippen LogP contribution in [0.4, 0.5) is 0 Å². The standard InChI is InChI=1S/C16H17N3O2/c1-16(2)8-10-4-3-5-12(14(10)21-16)20-13-9-19-7-6-11(13)15(17)18/h3-7,9H,8H2,1-2H3,(H3,17,18). The lowest BCUT2D eigenvalue weighted by molar-refractivity contribution is 0.135. The average molecular weight is 283 g/mol. The zero-order valence-corrected chi connectivity index (χ0v) is 12.0. The lowest BCUT2D eigenvalue weighted by atomic mass is 10.0. The normalized spacial score (nSPS) is 15.1. The molecule has 1 aliphatic heterocycles. The third-order valence-electron chi connectivity index (χ3n) is 3.35. The smallest absolute Gasteiger partial charge is 0.169 e. The van der Waals surface area contributed by atoms with E-state index in [0.717, 1.165) is 17.7 Å². The number of nitrogen functional groups attached to an aromatic ring is 1. The van der Waals surface area contributed by atoms with E-state index < -0.39 is 0 Å². The summed E-state index contributed by atoms with van der Waals surface area (Å²) in [6, 6.07) is 7.47. The minimum atomic E-state index is -0.236. The fourth-order valence-electron chi connectivity index (χ4n) is 2.47. The predicted molar refractivity (Wildman–Crippen MR) is 80.2 cm³/mol. The Kier molecular flexibility index (Phi) is 3.05. The predicted octanol–water partition coefficient (Wildman–Crippen LogP) is 2.87. The number of ether oxygens (including phenoxy) is 2. The van der Waals surface area contributed by atoms with Gasteiger partial charge in [0.2, 0.25) is 0 Å². The molecular weight excluding hydrogens is 266 g/mol. The van der Waals surface area contributed by atoms with Crippen molar-refractivity contribution in [2.45, 2.75) is 25.9 Å². The van der Waals surface area contributed by atoms with Crippen molar-refractivity contribution in [1.82, 2.24) is 4.98 Å². The van der Waals surface area contributed by atoms with E-state index in [1.165, 1.54) is 0 Å². The van der Waals surface area contributed by atoms with Crippen LogP contribution in [-0.2, 0) is 6.42 Å². The Bertz CT molecular complexity index is 710. The summed E-state index contributed by atoms with van der Waals surface area (Å²) in [5, 5.41) is 7.60. The van der Waals surface area contributed by atoms with Gasteiger partial charge in [-0.2, -0.15) is 0 Å². The maximum absolute atomic E-state index is 7.60. The minimum absolute atomic E-state index is 0.0544. The molecule has 0 radical (unpaired) electrons. The molecule has 0 atom stereocenters. The van der Waals surface area contributed by atoms with Gasteiger partial charge >= 0.3 is 0 Å². The van der Waals surface area contributed by atoms with Crippen molar-refractivity contribution in [2.75, 3.05) is 0 Å². The average Bonchev–Trinajstić information content (AvgIpc) is 2.74. The van der Waals surface area contributed by atoms with Crippen LogP contribution in [0.2, 0.25) is 0 Å². The van der Waals surface area contributed by atoms with Gasteiger partial charge in [0.15, 0.2) is 17.2 Å². The molecule has 5 heteroatoms. The van der Waals surface area contributed by atoms with E-state index in [4.69, 9.17) is 20.6 Å². The third-order valence-corrected chi connectivity index (χ3v) is 3.35. The highest BCUT2D eigenvalue weighted by molar-refractivity contribution is 5.97. The zero-order valence-electron chi connectivity index (χ0n) is 12.0. The maximum Gasteiger partial charge on any atom is 0.169 e. The van der Waals surface area contributed by atoms with Crippen LogP contribution in [0.1, 0.15) is 25.0 Å². The fourth-order valence-corrected chi connectivity index (χ4v) is 2.47. The van der Waals surface area contributed by atoms with Gasteiger partial charge in [-0.3, -0.25) is 10.4 Å². The molecule has 5 nitrogen and oxygen atoms in total. The van der Waals surface area contributed by atoms with Crippen LogP contribution in [0.5, 0.6) is 17.2 Å². The van der Waals surface area contributed by atoms with E-state index in [9.17, 15) is 0 Å². The first kappa shape index (κ1) is 13.4. The van der Waals surface area contributed by atoms with Crippen molar-refractivity contribution in [3.05, 3.63) is 47.8 Å². The first-order chi connectivity index (χ1) is 9.96. The molecule has 21 heavy (non-hydrogen) atoms. The summed E-state index contributed by atoms with van der Waals surface area (Å²) in [5.41, 5.74) is 6.96. The molecule has 2 aromatic rings. The van der Waals surface area contributed by atoms with Gasteiger partial charge in [-0.05, 0) is 26.0 Å². The van der Waals surface area contributed by atoms with Gasteiger partial charge in [0.1, 0.15) is 11.4 Å². The number of para-hydroxylation sites is 1. The summed E-state index contributed by atoms with van der Waals surface area (Å²) in [5.74, 6) is 1.77. The third kappa shape index (κ3) is 2.54. The van der Waals surface area contributed by atoms with Gasteiger partial charge in [-0.1, -0.05) is 12.1 Å². The van der Waals surface area contributed by atoms with Gasteiger partial charge in [0, 0.05) is 18.2 Å². The highest BCUT2D eigenvalue weighted by Gasteiger charge is 2.32. The molecule has 108 valence electrons. The van der Waals surface area contributed by atoms with Crippen molar-refractivity contribution in [2.24, 2.45) is 5.73 Å². The fraction of sp³-hybridized carbons (Fsp3) is 0.250. The molecule has 0 saturated carbocycles. The second-order valence-electron chi connectivity index (χ2n) is 5.67. The molecule has 1 aliphatic rings. The lowest BCUT2D eigenvalue weighted by Crippen LogP contribution is -2.24. The molecule has 0 amide bonds. The van der Waals surface area contributed by atoms with E-state index in [1.54, 1.807) is 18.5 Å². The Hall–Kier alpha value is -2.56. The number of nitrogens with zero attached hydrogens (tertiary/aromatic N) is 1. The Morgan fingerprint density at radius 3 is 2.90 bits per heavy atom. The number of fused-ring (bicyclic) bond motifs is 1. The summed E-state index contributed by atoms with van der Waals surface area (Å²) in [6.07, 6.45) is 3.97. The van der Waals surface area contributed by atoms with Gasteiger partial charge in [-0.15, -0.1) is 0 Å². The van der Waals surface area contributed by atoms with Crippen LogP contribution in [0.25, 0.3) is 0 Å². The number of benzene rings is 1. The highest BCUT2D eigenvalue weighted by Crippen LogP contribution is 2.43. The van der Waals surface area contributed by atoms with Crippen molar-refractivity contribution in [3.63, 3.8) is 0 Å². The minimum Gasteiger partial charge on any atom is -0.483 e. The molecule has 1 aromatic carbocycles. The Labute approximate surface area is 123 Å². The van der Waals surface area contributed by atoms with E-state index in [2.05, 4.69) is 4.98 Å². The monoisotopic (exact) mass is 283 g/mol. The van der Waals surface area contributed by atoms with Crippen LogP contribution in [0, 0.1) is 5.41 Å². The van der Waals surface area contributed by atoms with Gasteiger partial charge < -0.3 is 15.2 Å². The SMILES string of the molecule is CC1(C)Cc2cccc(Oc3cnccc3C(=N)N)c2O1.